The summed E-state index contributed by atoms with van der Waals surface area (Å²) < 4.78 is 4.56. The van der Waals surface area contributed by atoms with Gasteiger partial charge in [0.2, 0.25) is 0 Å². The van der Waals surface area contributed by atoms with Gasteiger partial charge in [-0.25, -0.2) is 4.79 Å². The molecule has 0 heterocycles. The lowest BCUT2D eigenvalue weighted by molar-refractivity contribution is -0.153. The molecule has 68 valence electrons. The third kappa shape index (κ3) is 4.69. The van der Waals surface area contributed by atoms with E-state index in [4.69, 9.17) is 10.4 Å². The molecule has 0 radical (unpaired) electrons. The molecule has 0 spiro atoms. The topological polar surface area (TPSA) is 70.3 Å². The number of aliphatic hydroxyl groups is 1. The summed E-state index contributed by atoms with van der Waals surface area (Å²) in [5.41, 5.74) is 0. The number of nitriles is 1. The standard InChI is InChI=1S/C8H13NO3/c1-2-12-8(11)7(10)5-3-4-6-9/h7,10H,2-5H2,1H3. The van der Waals surface area contributed by atoms with E-state index < -0.39 is 12.1 Å². The van der Waals surface area contributed by atoms with Crippen LogP contribution in [0.25, 0.3) is 0 Å². The van der Waals surface area contributed by atoms with Crippen LogP contribution in [0.4, 0.5) is 0 Å². The van der Waals surface area contributed by atoms with Crippen LogP contribution < -0.4 is 0 Å². The summed E-state index contributed by atoms with van der Waals surface area (Å²) in [6.45, 7) is 1.95. The van der Waals surface area contributed by atoms with Gasteiger partial charge < -0.3 is 9.84 Å². The molecule has 0 aromatic heterocycles. The second kappa shape index (κ2) is 6.62. The quantitative estimate of drug-likeness (QED) is 0.486. The summed E-state index contributed by atoms with van der Waals surface area (Å²) in [6.07, 6.45) is 0.109. The van der Waals surface area contributed by atoms with Gasteiger partial charge >= 0.3 is 5.97 Å². The number of hydrogen-bond acceptors (Lipinski definition) is 4. The molecule has 0 saturated heterocycles. The molecule has 4 nitrogen and oxygen atoms in total. The summed E-state index contributed by atoms with van der Waals surface area (Å²) in [7, 11) is 0. The minimum Gasteiger partial charge on any atom is -0.464 e. The lowest BCUT2D eigenvalue weighted by atomic mass is 10.2. The number of ether oxygens (including phenoxy) is 1. The fraction of sp³-hybridized carbons (Fsp3) is 0.750. The van der Waals surface area contributed by atoms with Gasteiger partial charge in [-0.3, -0.25) is 0 Å². The molecule has 0 aliphatic rings. The average molecular weight is 171 g/mol. The monoisotopic (exact) mass is 171 g/mol. The number of nitrogens with zero attached hydrogens (tertiary/aromatic N) is 1. The summed E-state index contributed by atoms with van der Waals surface area (Å²) in [5.74, 6) is -0.601. The molecule has 0 fully saturated rings. The molecule has 0 aliphatic heterocycles. The Hall–Kier alpha value is -1.08. The normalized spacial score (nSPS) is 11.8. The van der Waals surface area contributed by atoms with Gasteiger partial charge in [0.15, 0.2) is 6.10 Å². The highest BCUT2D eigenvalue weighted by Crippen LogP contribution is 2.01. The molecule has 1 atom stereocenters. The molecule has 0 saturated carbocycles. The Balaban J connectivity index is 3.51. The van der Waals surface area contributed by atoms with Crippen LogP contribution in [0.15, 0.2) is 0 Å². The number of esters is 1. The predicted molar refractivity (Wildman–Crippen MR) is 42.1 cm³/mol. The van der Waals surface area contributed by atoms with Crippen molar-refractivity contribution in [1.82, 2.24) is 0 Å². The highest BCUT2D eigenvalue weighted by Gasteiger charge is 2.14. The lowest BCUT2D eigenvalue weighted by Gasteiger charge is -2.07. The van der Waals surface area contributed by atoms with E-state index in [1.807, 2.05) is 6.07 Å². The van der Waals surface area contributed by atoms with E-state index in [2.05, 4.69) is 4.74 Å². The first-order valence-corrected chi connectivity index (χ1v) is 3.94. The van der Waals surface area contributed by atoms with Crippen molar-refractivity contribution >= 4 is 5.97 Å². The predicted octanol–water partition coefficient (Wildman–Crippen LogP) is 0.604. The summed E-state index contributed by atoms with van der Waals surface area (Å²) >= 11 is 0. The molecule has 4 heteroatoms. The van der Waals surface area contributed by atoms with Crippen molar-refractivity contribution in [2.24, 2.45) is 0 Å². The SMILES string of the molecule is CCOC(=O)C(O)CCCC#N. The number of hydrogen-bond donors (Lipinski definition) is 1. The van der Waals surface area contributed by atoms with Crippen LogP contribution in [0.5, 0.6) is 0 Å². The minimum absolute atomic E-state index is 0.272. The van der Waals surface area contributed by atoms with Gasteiger partial charge in [-0.1, -0.05) is 0 Å². The number of rotatable bonds is 5. The van der Waals surface area contributed by atoms with Gasteiger partial charge in [0, 0.05) is 6.42 Å². The van der Waals surface area contributed by atoms with Gasteiger partial charge in [0.05, 0.1) is 12.7 Å². The highest BCUT2D eigenvalue weighted by atomic mass is 16.5. The van der Waals surface area contributed by atoms with E-state index in [0.29, 0.717) is 19.3 Å². The van der Waals surface area contributed by atoms with E-state index in [9.17, 15) is 4.79 Å². The third-order valence-corrected chi connectivity index (χ3v) is 1.32. The van der Waals surface area contributed by atoms with Crippen molar-refractivity contribution < 1.29 is 14.6 Å². The van der Waals surface area contributed by atoms with E-state index in [-0.39, 0.29) is 6.61 Å². The Morgan fingerprint density at radius 3 is 2.92 bits per heavy atom. The fourth-order valence-electron chi connectivity index (χ4n) is 0.731. The maximum absolute atomic E-state index is 10.8. The molecule has 0 rings (SSSR count). The minimum atomic E-state index is -1.07. The first-order chi connectivity index (χ1) is 5.72. The third-order valence-electron chi connectivity index (χ3n) is 1.32. The van der Waals surface area contributed by atoms with Crippen LogP contribution in [0.1, 0.15) is 26.2 Å². The Morgan fingerprint density at radius 1 is 1.75 bits per heavy atom. The summed E-state index contributed by atoms with van der Waals surface area (Å²) in [5, 5.41) is 17.3. The fourth-order valence-corrected chi connectivity index (χ4v) is 0.731. The van der Waals surface area contributed by atoms with Crippen molar-refractivity contribution in [3.8, 4) is 6.07 Å². The number of unbranched alkanes of at least 4 members (excludes halogenated alkanes) is 1. The van der Waals surface area contributed by atoms with E-state index in [1.165, 1.54) is 0 Å². The van der Waals surface area contributed by atoms with Crippen molar-refractivity contribution in [3.05, 3.63) is 0 Å². The number of carbonyl (C=O) groups excluding carboxylic acids is 1. The zero-order valence-electron chi connectivity index (χ0n) is 7.12. The molecule has 0 aromatic carbocycles. The lowest BCUT2D eigenvalue weighted by Crippen LogP contribution is -2.22. The summed E-state index contributed by atoms with van der Waals surface area (Å²) in [4.78, 5) is 10.8. The zero-order valence-corrected chi connectivity index (χ0v) is 7.12. The highest BCUT2D eigenvalue weighted by molar-refractivity contribution is 5.74. The zero-order chi connectivity index (χ0) is 9.40. The first kappa shape index (κ1) is 10.9. The number of aliphatic hydroxyl groups excluding tert-OH is 1. The van der Waals surface area contributed by atoms with Crippen LogP contribution in [0.3, 0.4) is 0 Å². The maximum Gasteiger partial charge on any atom is 0.334 e. The number of carbonyl (C=O) groups is 1. The average Bonchev–Trinajstić information content (AvgIpc) is 2.05. The largest absolute Gasteiger partial charge is 0.464 e. The molecule has 0 aliphatic carbocycles. The van der Waals surface area contributed by atoms with Gasteiger partial charge in [-0.15, -0.1) is 0 Å². The molecule has 1 N–H and O–H groups in total. The first-order valence-electron chi connectivity index (χ1n) is 3.94. The second-order valence-corrected chi connectivity index (χ2v) is 2.32. The Labute approximate surface area is 71.8 Å². The van der Waals surface area contributed by atoms with Crippen molar-refractivity contribution in [1.29, 1.82) is 5.26 Å². The summed E-state index contributed by atoms with van der Waals surface area (Å²) in [6, 6.07) is 1.93. The molecular formula is C8H13NO3. The van der Waals surface area contributed by atoms with Gasteiger partial charge in [0.1, 0.15) is 0 Å². The Kier molecular flexibility index (Phi) is 6.02. The van der Waals surface area contributed by atoms with E-state index >= 15 is 0 Å². The molecular weight excluding hydrogens is 158 g/mol. The van der Waals surface area contributed by atoms with Crippen molar-refractivity contribution in [3.63, 3.8) is 0 Å². The van der Waals surface area contributed by atoms with Crippen molar-refractivity contribution in [2.75, 3.05) is 6.61 Å². The molecule has 0 amide bonds. The molecule has 1 unspecified atom stereocenters. The molecule has 0 bridgehead atoms. The van der Waals surface area contributed by atoms with Gasteiger partial charge in [-0.2, -0.15) is 5.26 Å². The van der Waals surface area contributed by atoms with Crippen molar-refractivity contribution in [2.45, 2.75) is 32.3 Å². The van der Waals surface area contributed by atoms with Crippen LogP contribution >= 0.6 is 0 Å². The maximum atomic E-state index is 10.8. The van der Waals surface area contributed by atoms with Gasteiger partial charge in [-0.05, 0) is 19.8 Å². The Bertz CT molecular complexity index is 174. The van der Waals surface area contributed by atoms with Crippen LogP contribution in [0.2, 0.25) is 0 Å². The van der Waals surface area contributed by atoms with Crippen LogP contribution in [-0.2, 0) is 9.53 Å². The van der Waals surface area contributed by atoms with E-state index in [1.54, 1.807) is 6.92 Å². The van der Waals surface area contributed by atoms with E-state index in [0.717, 1.165) is 0 Å². The molecule has 12 heavy (non-hydrogen) atoms. The van der Waals surface area contributed by atoms with Crippen LogP contribution in [0, 0.1) is 11.3 Å². The van der Waals surface area contributed by atoms with Gasteiger partial charge in [0.25, 0.3) is 0 Å². The molecule has 0 aromatic rings. The smallest absolute Gasteiger partial charge is 0.334 e. The Morgan fingerprint density at radius 2 is 2.42 bits per heavy atom. The van der Waals surface area contributed by atoms with Crippen LogP contribution in [-0.4, -0.2) is 23.8 Å². The second-order valence-electron chi connectivity index (χ2n) is 2.32.